The predicted octanol–water partition coefficient (Wildman–Crippen LogP) is 3.97. The van der Waals surface area contributed by atoms with Crippen LogP contribution >= 0.6 is 11.3 Å². The summed E-state index contributed by atoms with van der Waals surface area (Å²) in [6.45, 7) is 4.39. The number of fused-ring (bicyclic) bond motifs is 1. The van der Waals surface area contributed by atoms with Crippen LogP contribution in [-0.4, -0.2) is 32.5 Å². The van der Waals surface area contributed by atoms with Crippen LogP contribution in [0.25, 0.3) is 11.3 Å². The van der Waals surface area contributed by atoms with Gasteiger partial charge in [0, 0.05) is 29.9 Å². The largest absolute Gasteiger partial charge is 0.494 e. The van der Waals surface area contributed by atoms with Gasteiger partial charge in [-0.3, -0.25) is 9.52 Å². The second-order valence-electron chi connectivity index (χ2n) is 7.19. The summed E-state index contributed by atoms with van der Waals surface area (Å²) in [5.74, 6) is 1.23. The molecule has 10 heteroatoms. The Morgan fingerprint density at radius 1 is 1.25 bits per heavy atom. The number of sulfonamides is 1. The molecule has 1 aliphatic heterocycles. The van der Waals surface area contributed by atoms with Crippen molar-refractivity contribution in [2.45, 2.75) is 31.2 Å². The van der Waals surface area contributed by atoms with Crippen LogP contribution in [0, 0.1) is 0 Å². The van der Waals surface area contributed by atoms with Crippen LogP contribution in [0.1, 0.15) is 31.9 Å². The number of amides is 1. The molecule has 1 aromatic heterocycles. The Labute approximate surface area is 190 Å². The number of carbonyl (C=O) groups excluding carboxylic acids is 1. The van der Waals surface area contributed by atoms with Gasteiger partial charge in [-0.25, -0.2) is 13.4 Å². The lowest BCUT2D eigenvalue weighted by molar-refractivity contribution is -0.119. The molecule has 0 aliphatic carbocycles. The lowest BCUT2D eigenvalue weighted by atomic mass is 9.97. The van der Waals surface area contributed by atoms with Crippen molar-refractivity contribution in [3.8, 4) is 22.8 Å². The van der Waals surface area contributed by atoms with Gasteiger partial charge in [-0.2, -0.15) is 0 Å². The van der Waals surface area contributed by atoms with Gasteiger partial charge in [0.15, 0.2) is 5.13 Å². The van der Waals surface area contributed by atoms with E-state index in [9.17, 15) is 13.2 Å². The zero-order valence-corrected chi connectivity index (χ0v) is 19.3. The van der Waals surface area contributed by atoms with E-state index in [0.717, 1.165) is 16.9 Å². The number of aromatic nitrogens is 1. The number of benzene rings is 2. The minimum absolute atomic E-state index is 0.104. The van der Waals surface area contributed by atoms with Gasteiger partial charge in [-0.15, -0.1) is 11.3 Å². The molecule has 2 aromatic carbocycles. The van der Waals surface area contributed by atoms with E-state index < -0.39 is 10.0 Å². The maximum atomic E-state index is 12.7. The number of nitrogens with one attached hydrogen (secondary N) is 2. The van der Waals surface area contributed by atoms with Crippen molar-refractivity contribution >= 4 is 32.4 Å². The van der Waals surface area contributed by atoms with Crippen molar-refractivity contribution in [1.82, 2.24) is 10.3 Å². The molecule has 0 fully saturated rings. The Morgan fingerprint density at radius 2 is 2.03 bits per heavy atom. The molecule has 0 radical (unpaired) electrons. The molecule has 2 heterocycles. The Hall–Kier alpha value is -3.11. The predicted molar refractivity (Wildman–Crippen MR) is 123 cm³/mol. The summed E-state index contributed by atoms with van der Waals surface area (Å²) in [5, 5.41) is 5.00. The Kier molecular flexibility index (Phi) is 6.33. The highest BCUT2D eigenvalue weighted by Gasteiger charge is 2.23. The summed E-state index contributed by atoms with van der Waals surface area (Å²) in [4.78, 5) is 16.1. The van der Waals surface area contributed by atoms with E-state index >= 15 is 0 Å². The summed E-state index contributed by atoms with van der Waals surface area (Å²) in [7, 11) is -3.78. The van der Waals surface area contributed by atoms with Crippen LogP contribution in [0.2, 0.25) is 0 Å². The molecular formula is C22H23N3O5S2. The third-order valence-electron chi connectivity index (χ3n) is 4.89. The highest BCUT2D eigenvalue weighted by atomic mass is 32.2. The van der Waals surface area contributed by atoms with Crippen LogP contribution in [0.5, 0.6) is 11.5 Å². The number of thiazole rings is 1. The van der Waals surface area contributed by atoms with E-state index in [1.165, 1.54) is 30.4 Å². The molecule has 1 amide bonds. The summed E-state index contributed by atoms with van der Waals surface area (Å²) >= 11 is 1.20. The molecule has 4 rings (SSSR count). The molecular weight excluding hydrogens is 450 g/mol. The fraction of sp³-hybridized carbons (Fsp3) is 0.273. The fourth-order valence-electron chi connectivity index (χ4n) is 3.46. The van der Waals surface area contributed by atoms with Crippen molar-refractivity contribution in [3.05, 3.63) is 53.4 Å². The first-order chi connectivity index (χ1) is 15.4. The number of hydrogen-bond acceptors (Lipinski definition) is 7. The molecule has 32 heavy (non-hydrogen) atoms. The number of ether oxygens (including phenoxy) is 2. The number of nitrogens with zero attached hydrogens (tertiary/aromatic N) is 1. The van der Waals surface area contributed by atoms with Gasteiger partial charge in [-0.05, 0) is 49.4 Å². The van der Waals surface area contributed by atoms with Gasteiger partial charge < -0.3 is 14.8 Å². The monoisotopic (exact) mass is 473 g/mol. The first-order valence-corrected chi connectivity index (χ1v) is 12.5. The van der Waals surface area contributed by atoms with E-state index in [-0.39, 0.29) is 22.0 Å². The Balaban J connectivity index is 1.54. The maximum Gasteiger partial charge on any atom is 0.263 e. The Morgan fingerprint density at radius 3 is 2.75 bits per heavy atom. The zero-order valence-electron chi connectivity index (χ0n) is 17.6. The van der Waals surface area contributed by atoms with Crippen LogP contribution in [0.3, 0.4) is 0 Å². The zero-order chi connectivity index (χ0) is 22.7. The quantitative estimate of drug-likeness (QED) is 0.538. The fourth-order valence-corrected chi connectivity index (χ4v) is 5.43. The molecule has 3 aromatic rings. The molecule has 0 spiro atoms. The highest BCUT2D eigenvalue weighted by molar-refractivity contribution is 7.93. The molecule has 0 saturated heterocycles. The van der Waals surface area contributed by atoms with Crippen molar-refractivity contribution < 1.29 is 22.7 Å². The third-order valence-corrected chi connectivity index (χ3v) is 7.14. The van der Waals surface area contributed by atoms with Crippen molar-refractivity contribution in [1.29, 1.82) is 0 Å². The average molecular weight is 474 g/mol. The first-order valence-electron chi connectivity index (χ1n) is 10.1. The minimum atomic E-state index is -3.78. The summed E-state index contributed by atoms with van der Waals surface area (Å²) < 4.78 is 39.0. The Bertz CT molecular complexity index is 1220. The van der Waals surface area contributed by atoms with Crippen LogP contribution < -0.4 is 19.5 Å². The van der Waals surface area contributed by atoms with E-state index in [4.69, 9.17) is 9.47 Å². The topological polar surface area (TPSA) is 107 Å². The SMILES string of the molecule is CCOc1ccc(S(=O)(=O)Nc2nc(-c3ccc4c(c3)C(NC(C)=O)CCO4)cs2)cc1. The summed E-state index contributed by atoms with van der Waals surface area (Å²) in [6.07, 6.45) is 0.681. The van der Waals surface area contributed by atoms with Crippen LogP contribution in [0.4, 0.5) is 5.13 Å². The van der Waals surface area contributed by atoms with Gasteiger partial charge in [0.2, 0.25) is 5.91 Å². The summed E-state index contributed by atoms with van der Waals surface area (Å²) in [5.41, 5.74) is 2.33. The smallest absolute Gasteiger partial charge is 0.263 e. The number of anilines is 1. The van der Waals surface area contributed by atoms with Gasteiger partial charge in [0.05, 0.1) is 29.8 Å². The lowest BCUT2D eigenvalue weighted by Crippen LogP contribution is -2.30. The van der Waals surface area contributed by atoms with Gasteiger partial charge in [0.25, 0.3) is 10.0 Å². The van der Waals surface area contributed by atoms with Crippen molar-refractivity contribution in [3.63, 3.8) is 0 Å². The van der Waals surface area contributed by atoms with Crippen molar-refractivity contribution in [2.75, 3.05) is 17.9 Å². The van der Waals surface area contributed by atoms with Crippen molar-refractivity contribution in [2.24, 2.45) is 0 Å². The molecule has 0 saturated carbocycles. The molecule has 8 nitrogen and oxygen atoms in total. The maximum absolute atomic E-state index is 12.7. The second-order valence-corrected chi connectivity index (χ2v) is 9.73. The van der Waals surface area contributed by atoms with Gasteiger partial charge >= 0.3 is 0 Å². The molecule has 168 valence electrons. The van der Waals surface area contributed by atoms with Crippen LogP contribution in [0.15, 0.2) is 52.7 Å². The molecule has 0 bridgehead atoms. The molecule has 1 unspecified atom stereocenters. The summed E-state index contributed by atoms with van der Waals surface area (Å²) in [6, 6.07) is 11.7. The highest BCUT2D eigenvalue weighted by Crippen LogP contribution is 2.36. The second kappa shape index (κ2) is 9.17. The van der Waals surface area contributed by atoms with E-state index in [2.05, 4.69) is 15.0 Å². The normalized spacial score (nSPS) is 15.4. The lowest BCUT2D eigenvalue weighted by Gasteiger charge is -2.26. The van der Waals surface area contributed by atoms with Gasteiger partial charge in [0.1, 0.15) is 11.5 Å². The van der Waals surface area contributed by atoms with Gasteiger partial charge in [-0.1, -0.05) is 0 Å². The minimum Gasteiger partial charge on any atom is -0.494 e. The van der Waals surface area contributed by atoms with Crippen LogP contribution in [-0.2, 0) is 14.8 Å². The first kappa shape index (κ1) is 22.1. The van der Waals surface area contributed by atoms with E-state index in [0.29, 0.717) is 31.1 Å². The molecule has 2 N–H and O–H groups in total. The standard InChI is InChI=1S/C22H23N3O5S2/c1-3-29-16-5-7-17(8-6-16)32(27,28)25-22-24-20(13-31-22)15-4-9-21-18(12-15)19(10-11-30-21)23-14(2)26/h4-9,12-13,19H,3,10-11H2,1-2H3,(H,23,26)(H,24,25). The number of rotatable bonds is 7. The molecule has 1 aliphatic rings. The number of carbonyl (C=O) groups is 1. The number of hydrogen-bond donors (Lipinski definition) is 2. The van der Waals surface area contributed by atoms with E-state index in [1.807, 2.05) is 25.1 Å². The average Bonchev–Trinajstić information content (AvgIpc) is 3.22. The van der Waals surface area contributed by atoms with E-state index in [1.54, 1.807) is 17.5 Å². The third kappa shape index (κ3) is 4.86. The molecule has 1 atom stereocenters.